The molecule has 0 aliphatic heterocycles. The molecule has 0 saturated heterocycles. The Balaban J connectivity index is 2.36. The molecule has 3 aromatic rings. The van der Waals surface area contributed by atoms with Crippen molar-refractivity contribution in [1.29, 1.82) is 0 Å². The van der Waals surface area contributed by atoms with Crippen molar-refractivity contribution in [1.82, 2.24) is 24.5 Å². The maximum absolute atomic E-state index is 12.9. The van der Waals surface area contributed by atoms with Crippen LogP contribution in [-0.4, -0.2) is 24.5 Å². The van der Waals surface area contributed by atoms with Gasteiger partial charge in [-0.25, -0.2) is 15.0 Å². The highest BCUT2D eigenvalue weighted by molar-refractivity contribution is 5.84. The number of hydrogen-bond donors (Lipinski definition) is 1. The third-order valence-electron chi connectivity index (χ3n) is 2.91. The molecule has 3 aromatic heterocycles. The van der Waals surface area contributed by atoms with Gasteiger partial charge in [0.15, 0.2) is 5.82 Å². The van der Waals surface area contributed by atoms with E-state index in [2.05, 4.69) is 19.9 Å². The number of halogens is 3. The van der Waals surface area contributed by atoms with Gasteiger partial charge in [0.1, 0.15) is 11.5 Å². The molecule has 0 saturated carbocycles. The van der Waals surface area contributed by atoms with E-state index in [0.717, 1.165) is 0 Å². The number of aryl methyl sites for hydroxylation is 2. The zero-order chi connectivity index (χ0) is 14.5. The third kappa shape index (κ3) is 1.93. The van der Waals surface area contributed by atoms with Crippen molar-refractivity contribution in [3.8, 4) is 5.82 Å². The molecule has 0 aliphatic carbocycles. The van der Waals surface area contributed by atoms with Gasteiger partial charge in [-0.3, -0.25) is 4.57 Å². The number of aromatic amines is 1. The second-order valence-corrected chi connectivity index (χ2v) is 4.43. The van der Waals surface area contributed by atoms with E-state index in [4.69, 9.17) is 0 Å². The lowest BCUT2D eigenvalue weighted by Crippen LogP contribution is -2.14. The van der Waals surface area contributed by atoms with E-state index in [9.17, 15) is 13.2 Å². The van der Waals surface area contributed by atoms with Gasteiger partial charge in [0.05, 0.1) is 5.39 Å². The van der Waals surface area contributed by atoms with Crippen LogP contribution in [-0.2, 0) is 6.18 Å². The molecule has 104 valence electrons. The number of aromatic nitrogens is 5. The number of H-pyrrole nitrogens is 1. The summed E-state index contributed by atoms with van der Waals surface area (Å²) < 4.78 is 40.1. The monoisotopic (exact) mass is 281 g/mol. The molecule has 0 spiro atoms. The van der Waals surface area contributed by atoms with Crippen LogP contribution in [0.3, 0.4) is 0 Å². The van der Waals surface area contributed by atoms with Crippen molar-refractivity contribution in [3.63, 3.8) is 0 Å². The van der Waals surface area contributed by atoms with Gasteiger partial charge in [0.2, 0.25) is 5.82 Å². The van der Waals surface area contributed by atoms with Crippen molar-refractivity contribution in [2.24, 2.45) is 0 Å². The van der Waals surface area contributed by atoms with Crippen molar-refractivity contribution in [2.75, 3.05) is 0 Å². The van der Waals surface area contributed by atoms with Crippen molar-refractivity contribution >= 4 is 11.0 Å². The van der Waals surface area contributed by atoms with Crippen LogP contribution in [0.1, 0.15) is 17.3 Å². The number of imidazole rings is 1. The van der Waals surface area contributed by atoms with E-state index in [0.29, 0.717) is 16.9 Å². The van der Waals surface area contributed by atoms with Gasteiger partial charge in [-0.15, -0.1) is 0 Å². The first-order valence-electron chi connectivity index (χ1n) is 5.81. The maximum Gasteiger partial charge on any atom is 0.451 e. The molecule has 0 bridgehead atoms. The van der Waals surface area contributed by atoms with Gasteiger partial charge in [-0.1, -0.05) is 0 Å². The van der Waals surface area contributed by atoms with Crippen LogP contribution in [0.4, 0.5) is 13.2 Å². The number of hydrogen-bond acceptors (Lipinski definition) is 3. The van der Waals surface area contributed by atoms with Crippen LogP contribution in [0.25, 0.3) is 16.9 Å². The fraction of sp³-hybridized carbons (Fsp3) is 0.250. The normalized spacial score (nSPS) is 12.2. The van der Waals surface area contributed by atoms with E-state index in [-0.39, 0.29) is 11.5 Å². The average molecular weight is 281 g/mol. The Hall–Kier alpha value is -2.38. The summed E-state index contributed by atoms with van der Waals surface area (Å²) in [6, 6.07) is 1.71. The van der Waals surface area contributed by atoms with Crippen LogP contribution in [0.15, 0.2) is 18.5 Å². The van der Waals surface area contributed by atoms with Crippen LogP contribution < -0.4 is 0 Å². The van der Waals surface area contributed by atoms with E-state index >= 15 is 0 Å². The number of nitrogens with zero attached hydrogens (tertiary/aromatic N) is 4. The molecule has 3 rings (SSSR count). The van der Waals surface area contributed by atoms with E-state index in [1.165, 1.54) is 10.8 Å². The molecule has 5 nitrogen and oxygen atoms in total. The lowest BCUT2D eigenvalue weighted by atomic mass is 10.3. The molecule has 3 heterocycles. The van der Waals surface area contributed by atoms with Gasteiger partial charge < -0.3 is 4.98 Å². The van der Waals surface area contributed by atoms with Crippen LogP contribution in [0.2, 0.25) is 0 Å². The summed E-state index contributed by atoms with van der Waals surface area (Å²) in [4.78, 5) is 14.0. The van der Waals surface area contributed by atoms with Gasteiger partial charge in [-0.05, 0) is 19.9 Å². The number of nitrogens with one attached hydrogen (secondary N) is 1. The Morgan fingerprint density at radius 2 is 1.95 bits per heavy atom. The highest BCUT2D eigenvalue weighted by atomic mass is 19.4. The van der Waals surface area contributed by atoms with Crippen LogP contribution in [0.5, 0.6) is 0 Å². The SMILES string of the molecule is Cc1cc2c(-n3ccnc3C)nc(C(F)(F)F)nc2[nH]1. The minimum absolute atomic E-state index is 0.160. The molecule has 0 radical (unpaired) electrons. The highest BCUT2D eigenvalue weighted by Crippen LogP contribution is 2.30. The topological polar surface area (TPSA) is 59.4 Å². The van der Waals surface area contributed by atoms with Crippen molar-refractivity contribution < 1.29 is 13.2 Å². The Kier molecular flexibility index (Phi) is 2.56. The van der Waals surface area contributed by atoms with Crippen LogP contribution in [0, 0.1) is 13.8 Å². The zero-order valence-corrected chi connectivity index (χ0v) is 10.7. The second-order valence-electron chi connectivity index (χ2n) is 4.43. The molecular weight excluding hydrogens is 271 g/mol. The highest BCUT2D eigenvalue weighted by Gasteiger charge is 2.36. The molecule has 20 heavy (non-hydrogen) atoms. The van der Waals surface area contributed by atoms with E-state index in [1.54, 1.807) is 26.1 Å². The van der Waals surface area contributed by atoms with E-state index < -0.39 is 12.0 Å². The molecule has 0 aliphatic rings. The minimum atomic E-state index is -4.60. The van der Waals surface area contributed by atoms with E-state index in [1.807, 2.05) is 0 Å². The quantitative estimate of drug-likeness (QED) is 0.746. The molecule has 0 atom stereocenters. The molecule has 0 amide bonds. The molecule has 0 fully saturated rings. The van der Waals surface area contributed by atoms with Gasteiger partial charge >= 0.3 is 6.18 Å². The molecule has 8 heteroatoms. The standard InChI is InChI=1S/C12H10F3N5/c1-6-5-8-9(17-6)18-11(12(13,14)15)19-10(8)20-4-3-16-7(20)2/h3-5H,1-2H3,(H,17,18,19). The third-order valence-corrected chi connectivity index (χ3v) is 2.91. The molecule has 0 unspecified atom stereocenters. The summed E-state index contributed by atoms with van der Waals surface area (Å²) in [5.74, 6) is -0.450. The van der Waals surface area contributed by atoms with Crippen LogP contribution >= 0.6 is 0 Å². The molecule has 0 aromatic carbocycles. The first-order chi connectivity index (χ1) is 9.36. The number of fused-ring (bicyclic) bond motifs is 1. The first kappa shape index (κ1) is 12.6. The lowest BCUT2D eigenvalue weighted by Gasteiger charge is -2.09. The summed E-state index contributed by atoms with van der Waals surface area (Å²) >= 11 is 0. The smallest absolute Gasteiger partial charge is 0.343 e. The summed E-state index contributed by atoms with van der Waals surface area (Å²) in [5, 5.41) is 0.525. The molecular formula is C12H10F3N5. The number of alkyl halides is 3. The Morgan fingerprint density at radius 1 is 1.20 bits per heavy atom. The summed E-state index contributed by atoms with van der Waals surface area (Å²) in [5.41, 5.74) is 0.876. The number of rotatable bonds is 1. The van der Waals surface area contributed by atoms with Crippen molar-refractivity contribution in [2.45, 2.75) is 20.0 Å². The van der Waals surface area contributed by atoms with Gasteiger partial charge in [-0.2, -0.15) is 13.2 Å². The van der Waals surface area contributed by atoms with Gasteiger partial charge in [0, 0.05) is 18.1 Å². The summed E-state index contributed by atoms with van der Waals surface area (Å²) in [6.45, 7) is 3.44. The minimum Gasteiger partial charge on any atom is -0.343 e. The second kappa shape index (κ2) is 4.06. The Labute approximate surface area is 111 Å². The Morgan fingerprint density at radius 3 is 2.55 bits per heavy atom. The fourth-order valence-electron chi connectivity index (χ4n) is 2.04. The first-order valence-corrected chi connectivity index (χ1v) is 5.81. The predicted molar refractivity (Wildman–Crippen MR) is 65.5 cm³/mol. The Bertz CT molecular complexity index is 784. The maximum atomic E-state index is 12.9. The molecule has 1 N–H and O–H groups in total. The summed E-state index contributed by atoms with van der Waals surface area (Å²) in [6.07, 6.45) is -1.52. The van der Waals surface area contributed by atoms with Crippen molar-refractivity contribution in [3.05, 3.63) is 35.8 Å². The lowest BCUT2D eigenvalue weighted by molar-refractivity contribution is -0.144. The zero-order valence-electron chi connectivity index (χ0n) is 10.7. The average Bonchev–Trinajstić information content (AvgIpc) is 2.91. The fourth-order valence-corrected chi connectivity index (χ4v) is 2.04. The summed E-state index contributed by atoms with van der Waals surface area (Å²) in [7, 11) is 0. The predicted octanol–water partition coefficient (Wildman–Crippen LogP) is 2.78. The van der Waals surface area contributed by atoms with Gasteiger partial charge in [0.25, 0.3) is 0 Å². The largest absolute Gasteiger partial charge is 0.451 e.